The maximum Gasteiger partial charge on any atom is 0.246 e. The smallest absolute Gasteiger partial charge is 0.246 e. The molecule has 4 heteroatoms. The summed E-state index contributed by atoms with van der Waals surface area (Å²) >= 11 is 6.02. The Hall–Kier alpha value is -0.280. The van der Waals surface area contributed by atoms with E-state index in [4.69, 9.17) is 16.3 Å². The molecule has 1 aliphatic rings. The Balaban J connectivity index is 2.42. The molecule has 1 amide bonds. The van der Waals surface area contributed by atoms with Crippen molar-refractivity contribution in [2.24, 2.45) is 0 Å². The van der Waals surface area contributed by atoms with Crippen LogP contribution < -0.4 is 5.32 Å². The minimum atomic E-state index is -0.280. The number of hydrogen-bond acceptors (Lipinski definition) is 2. The highest BCUT2D eigenvalue weighted by Crippen LogP contribution is 2.29. The summed E-state index contributed by atoms with van der Waals surface area (Å²) in [6.45, 7) is 5.94. The van der Waals surface area contributed by atoms with Gasteiger partial charge in [0.2, 0.25) is 5.91 Å². The first-order valence-corrected chi connectivity index (χ1v) is 6.91. The molecule has 0 aromatic rings. The SMILES string of the molecule is CC(C)(C)OCC(=O)NC1(CCl)CCCCC1. The number of rotatable bonds is 4. The van der Waals surface area contributed by atoms with Crippen molar-refractivity contribution in [2.45, 2.75) is 64.0 Å². The quantitative estimate of drug-likeness (QED) is 0.791. The van der Waals surface area contributed by atoms with Crippen LogP contribution >= 0.6 is 11.6 Å². The third kappa shape index (κ3) is 5.26. The van der Waals surface area contributed by atoms with Gasteiger partial charge in [0, 0.05) is 5.88 Å². The van der Waals surface area contributed by atoms with Gasteiger partial charge < -0.3 is 10.1 Å². The average Bonchev–Trinajstić information content (AvgIpc) is 2.27. The summed E-state index contributed by atoms with van der Waals surface area (Å²) in [5.74, 6) is 0.441. The first kappa shape index (κ1) is 14.8. The molecule has 0 aliphatic heterocycles. The molecule has 0 bridgehead atoms. The van der Waals surface area contributed by atoms with Crippen LogP contribution in [0.25, 0.3) is 0 Å². The average molecular weight is 262 g/mol. The summed E-state index contributed by atoms with van der Waals surface area (Å²) in [5, 5.41) is 3.06. The number of ether oxygens (including phenoxy) is 1. The van der Waals surface area contributed by atoms with E-state index in [9.17, 15) is 4.79 Å². The zero-order valence-corrected chi connectivity index (χ0v) is 11.9. The van der Waals surface area contributed by atoms with Gasteiger partial charge in [-0.25, -0.2) is 0 Å². The van der Waals surface area contributed by atoms with Crippen molar-refractivity contribution in [2.75, 3.05) is 12.5 Å². The van der Waals surface area contributed by atoms with Crippen molar-refractivity contribution in [3.8, 4) is 0 Å². The molecule has 17 heavy (non-hydrogen) atoms. The summed E-state index contributed by atoms with van der Waals surface area (Å²) in [4.78, 5) is 11.8. The van der Waals surface area contributed by atoms with Crippen molar-refractivity contribution >= 4 is 17.5 Å². The van der Waals surface area contributed by atoms with Crippen LogP contribution in [0.15, 0.2) is 0 Å². The van der Waals surface area contributed by atoms with E-state index < -0.39 is 0 Å². The van der Waals surface area contributed by atoms with Gasteiger partial charge in [-0.2, -0.15) is 0 Å². The highest BCUT2D eigenvalue weighted by molar-refractivity contribution is 6.18. The molecule has 1 saturated carbocycles. The summed E-state index contributed by atoms with van der Waals surface area (Å²) in [6, 6.07) is 0. The Bertz CT molecular complexity index is 255. The first-order chi connectivity index (χ1) is 7.87. The summed E-state index contributed by atoms with van der Waals surface area (Å²) < 4.78 is 5.47. The molecule has 0 aromatic carbocycles. The second kappa shape index (κ2) is 6.05. The van der Waals surface area contributed by atoms with Gasteiger partial charge in [0.05, 0.1) is 11.1 Å². The lowest BCUT2D eigenvalue weighted by Crippen LogP contribution is -2.52. The monoisotopic (exact) mass is 261 g/mol. The van der Waals surface area contributed by atoms with Crippen LogP contribution in [0.1, 0.15) is 52.9 Å². The number of carbonyl (C=O) groups excluding carboxylic acids is 1. The zero-order valence-electron chi connectivity index (χ0n) is 11.1. The van der Waals surface area contributed by atoms with Crippen molar-refractivity contribution < 1.29 is 9.53 Å². The van der Waals surface area contributed by atoms with E-state index in [1.165, 1.54) is 6.42 Å². The van der Waals surface area contributed by atoms with E-state index in [1.54, 1.807) is 0 Å². The van der Waals surface area contributed by atoms with Gasteiger partial charge in [-0.1, -0.05) is 19.3 Å². The fourth-order valence-corrected chi connectivity index (χ4v) is 2.47. The van der Waals surface area contributed by atoms with Gasteiger partial charge in [-0.15, -0.1) is 11.6 Å². The fraction of sp³-hybridized carbons (Fsp3) is 0.923. The number of nitrogens with one attached hydrogen (secondary N) is 1. The van der Waals surface area contributed by atoms with Crippen molar-refractivity contribution in [1.29, 1.82) is 0 Å². The van der Waals surface area contributed by atoms with E-state index in [0.717, 1.165) is 25.7 Å². The second-order valence-corrected chi connectivity index (χ2v) is 6.19. The number of hydrogen-bond donors (Lipinski definition) is 1. The predicted octanol–water partition coefficient (Wildman–Crippen LogP) is 2.86. The molecule has 100 valence electrons. The fourth-order valence-electron chi connectivity index (χ4n) is 2.13. The Labute approximate surface area is 109 Å². The maximum atomic E-state index is 11.8. The molecule has 0 radical (unpaired) electrons. The van der Waals surface area contributed by atoms with E-state index in [2.05, 4.69) is 5.32 Å². The van der Waals surface area contributed by atoms with Crippen LogP contribution in [-0.2, 0) is 9.53 Å². The number of halogens is 1. The van der Waals surface area contributed by atoms with Crippen LogP contribution in [0.2, 0.25) is 0 Å². The van der Waals surface area contributed by atoms with Gasteiger partial charge in [0.1, 0.15) is 6.61 Å². The third-order valence-corrected chi connectivity index (χ3v) is 3.62. The van der Waals surface area contributed by atoms with Gasteiger partial charge in [0.25, 0.3) is 0 Å². The van der Waals surface area contributed by atoms with E-state index >= 15 is 0 Å². The number of carbonyl (C=O) groups is 1. The van der Waals surface area contributed by atoms with Crippen LogP contribution in [-0.4, -0.2) is 29.5 Å². The molecule has 0 heterocycles. The lowest BCUT2D eigenvalue weighted by molar-refractivity contribution is -0.132. The Morgan fingerprint density at radius 2 is 1.88 bits per heavy atom. The largest absolute Gasteiger partial charge is 0.366 e. The molecule has 1 rings (SSSR count). The van der Waals surface area contributed by atoms with Crippen molar-refractivity contribution in [3.05, 3.63) is 0 Å². The molecule has 0 saturated heterocycles. The highest BCUT2D eigenvalue weighted by atomic mass is 35.5. The summed E-state index contributed by atoms with van der Waals surface area (Å²) in [5.41, 5.74) is -0.476. The Kier molecular flexibility index (Phi) is 5.26. The zero-order chi connectivity index (χ0) is 12.9. The molecular weight excluding hydrogens is 238 g/mol. The summed E-state index contributed by atoms with van der Waals surface area (Å²) in [6.07, 6.45) is 5.50. The standard InChI is InChI=1S/C13H24ClNO2/c1-12(2,3)17-9-11(16)15-13(10-14)7-5-4-6-8-13/h4-10H2,1-3H3,(H,15,16). The van der Waals surface area contributed by atoms with Crippen LogP contribution in [0, 0.1) is 0 Å². The normalized spacial score (nSPS) is 20.0. The minimum Gasteiger partial charge on any atom is -0.366 e. The Morgan fingerprint density at radius 1 is 1.29 bits per heavy atom. The molecule has 1 aliphatic carbocycles. The molecule has 0 atom stereocenters. The van der Waals surface area contributed by atoms with E-state index in [0.29, 0.717) is 5.88 Å². The van der Waals surface area contributed by atoms with Crippen molar-refractivity contribution in [1.82, 2.24) is 5.32 Å². The minimum absolute atomic E-state index is 0.0533. The third-order valence-electron chi connectivity index (χ3n) is 3.11. The van der Waals surface area contributed by atoms with Gasteiger partial charge in [-0.05, 0) is 33.6 Å². The molecule has 0 unspecified atom stereocenters. The van der Waals surface area contributed by atoms with E-state index in [-0.39, 0.29) is 23.7 Å². The first-order valence-electron chi connectivity index (χ1n) is 6.38. The van der Waals surface area contributed by atoms with Crippen LogP contribution in [0.5, 0.6) is 0 Å². The number of alkyl halides is 1. The number of amides is 1. The van der Waals surface area contributed by atoms with Gasteiger partial charge in [-0.3, -0.25) is 4.79 Å². The Morgan fingerprint density at radius 3 is 2.35 bits per heavy atom. The lowest BCUT2D eigenvalue weighted by Gasteiger charge is -2.36. The lowest BCUT2D eigenvalue weighted by atomic mass is 9.83. The molecule has 0 spiro atoms. The summed E-state index contributed by atoms with van der Waals surface area (Å²) in [7, 11) is 0. The molecular formula is C13H24ClNO2. The van der Waals surface area contributed by atoms with Gasteiger partial charge >= 0.3 is 0 Å². The molecule has 0 aromatic heterocycles. The topological polar surface area (TPSA) is 38.3 Å². The van der Waals surface area contributed by atoms with E-state index in [1.807, 2.05) is 20.8 Å². The highest BCUT2D eigenvalue weighted by Gasteiger charge is 2.32. The second-order valence-electron chi connectivity index (χ2n) is 5.92. The van der Waals surface area contributed by atoms with Crippen molar-refractivity contribution in [3.63, 3.8) is 0 Å². The molecule has 1 fully saturated rings. The predicted molar refractivity (Wildman–Crippen MR) is 70.4 cm³/mol. The maximum absolute atomic E-state index is 11.8. The van der Waals surface area contributed by atoms with Crippen LogP contribution in [0.3, 0.4) is 0 Å². The van der Waals surface area contributed by atoms with Gasteiger partial charge in [0.15, 0.2) is 0 Å². The molecule has 3 nitrogen and oxygen atoms in total. The molecule has 1 N–H and O–H groups in total. The van der Waals surface area contributed by atoms with Crippen LogP contribution in [0.4, 0.5) is 0 Å².